The summed E-state index contributed by atoms with van der Waals surface area (Å²) in [7, 11) is 0. The van der Waals surface area contributed by atoms with Crippen LogP contribution in [-0.4, -0.2) is 20.7 Å². The smallest absolute Gasteiger partial charge is 0.249 e. The Morgan fingerprint density at radius 1 is 1.23 bits per heavy atom. The zero-order valence-corrected chi connectivity index (χ0v) is 15.3. The molecule has 0 unspecified atom stereocenters. The van der Waals surface area contributed by atoms with Gasteiger partial charge in [0.1, 0.15) is 12.4 Å². The Kier molecular flexibility index (Phi) is 4.88. The van der Waals surface area contributed by atoms with Crippen molar-refractivity contribution in [2.45, 2.75) is 40.7 Å². The number of aryl methyl sites for hydroxylation is 3. The number of benzene rings is 1. The van der Waals surface area contributed by atoms with Crippen LogP contribution in [0.2, 0.25) is 0 Å². The van der Waals surface area contributed by atoms with Gasteiger partial charge in [0.25, 0.3) is 0 Å². The number of hydrogen-bond acceptors (Lipinski definition) is 4. The van der Waals surface area contributed by atoms with Crippen LogP contribution < -0.4 is 5.32 Å². The van der Waals surface area contributed by atoms with E-state index in [0.717, 1.165) is 17.0 Å². The van der Waals surface area contributed by atoms with Gasteiger partial charge in [-0.3, -0.25) is 4.79 Å². The fourth-order valence-electron chi connectivity index (χ4n) is 2.87. The van der Waals surface area contributed by atoms with E-state index in [-0.39, 0.29) is 18.3 Å². The van der Waals surface area contributed by atoms with E-state index in [2.05, 4.69) is 15.5 Å². The second-order valence-electron chi connectivity index (χ2n) is 6.23. The molecule has 3 rings (SSSR count). The Balaban J connectivity index is 1.80. The fourth-order valence-corrected chi connectivity index (χ4v) is 2.87. The molecule has 7 heteroatoms. The first-order valence-electron chi connectivity index (χ1n) is 8.44. The SMILES string of the molecule is CCc1nnc(-c2cc(C)n(CC(=O)Nc3ccc(F)cc3C)c2C)o1. The van der Waals surface area contributed by atoms with Gasteiger partial charge >= 0.3 is 0 Å². The molecule has 0 radical (unpaired) electrons. The predicted octanol–water partition coefficient (Wildman–Crippen LogP) is 3.80. The fraction of sp³-hybridized carbons (Fsp3) is 0.316. The molecule has 0 bridgehead atoms. The second kappa shape index (κ2) is 7.11. The molecule has 0 spiro atoms. The molecule has 26 heavy (non-hydrogen) atoms. The van der Waals surface area contributed by atoms with Crippen molar-refractivity contribution in [1.82, 2.24) is 14.8 Å². The lowest BCUT2D eigenvalue weighted by Crippen LogP contribution is -2.20. The number of amides is 1. The average molecular weight is 356 g/mol. The van der Waals surface area contributed by atoms with Crippen LogP contribution in [0.3, 0.4) is 0 Å². The van der Waals surface area contributed by atoms with Crippen molar-refractivity contribution in [2.24, 2.45) is 0 Å². The van der Waals surface area contributed by atoms with E-state index in [1.807, 2.05) is 31.4 Å². The summed E-state index contributed by atoms with van der Waals surface area (Å²) in [5, 5.41) is 10.9. The highest BCUT2D eigenvalue weighted by atomic mass is 19.1. The maximum Gasteiger partial charge on any atom is 0.249 e. The third kappa shape index (κ3) is 3.51. The summed E-state index contributed by atoms with van der Waals surface area (Å²) >= 11 is 0. The van der Waals surface area contributed by atoms with E-state index < -0.39 is 0 Å². The van der Waals surface area contributed by atoms with Gasteiger partial charge in [-0.25, -0.2) is 4.39 Å². The highest BCUT2D eigenvalue weighted by molar-refractivity contribution is 5.91. The van der Waals surface area contributed by atoms with Crippen molar-refractivity contribution in [3.05, 3.63) is 52.9 Å². The van der Waals surface area contributed by atoms with Crippen LogP contribution in [0.15, 0.2) is 28.7 Å². The standard InChI is InChI=1S/C19H21FN4O2/c1-5-18-22-23-19(26-18)15-9-12(3)24(13(15)4)10-17(25)21-16-7-6-14(20)8-11(16)2/h6-9H,5,10H2,1-4H3,(H,21,25). The molecule has 1 N–H and O–H groups in total. The van der Waals surface area contributed by atoms with E-state index in [4.69, 9.17) is 4.42 Å². The molecule has 1 aromatic carbocycles. The first kappa shape index (κ1) is 17.8. The van der Waals surface area contributed by atoms with Crippen LogP contribution >= 0.6 is 0 Å². The third-order valence-electron chi connectivity index (χ3n) is 4.34. The molecule has 2 heterocycles. The number of anilines is 1. The average Bonchev–Trinajstić information content (AvgIpc) is 3.17. The van der Waals surface area contributed by atoms with Gasteiger partial charge in [-0.1, -0.05) is 6.92 Å². The van der Waals surface area contributed by atoms with E-state index in [9.17, 15) is 9.18 Å². The summed E-state index contributed by atoms with van der Waals surface area (Å²) in [5.41, 5.74) is 3.89. The van der Waals surface area contributed by atoms with Crippen LogP contribution in [0.25, 0.3) is 11.5 Å². The molecule has 0 aliphatic rings. The van der Waals surface area contributed by atoms with Gasteiger partial charge in [-0.2, -0.15) is 0 Å². The first-order valence-corrected chi connectivity index (χ1v) is 8.44. The van der Waals surface area contributed by atoms with E-state index >= 15 is 0 Å². The molecule has 0 aliphatic carbocycles. The molecule has 6 nitrogen and oxygen atoms in total. The van der Waals surface area contributed by atoms with Crippen LogP contribution in [0.4, 0.5) is 10.1 Å². The molecule has 1 amide bonds. The molecule has 0 atom stereocenters. The summed E-state index contributed by atoms with van der Waals surface area (Å²) < 4.78 is 20.7. The van der Waals surface area contributed by atoms with Crippen molar-refractivity contribution in [3.8, 4) is 11.5 Å². The maximum absolute atomic E-state index is 13.2. The zero-order chi connectivity index (χ0) is 18.8. The van der Waals surface area contributed by atoms with Gasteiger partial charge in [0.05, 0.1) is 5.56 Å². The minimum atomic E-state index is -0.326. The Labute approximate surface area is 151 Å². The van der Waals surface area contributed by atoms with Gasteiger partial charge in [-0.05, 0) is 50.6 Å². The van der Waals surface area contributed by atoms with Gasteiger partial charge in [0.2, 0.25) is 17.7 Å². The summed E-state index contributed by atoms with van der Waals surface area (Å²) in [4.78, 5) is 12.4. The maximum atomic E-state index is 13.2. The van der Waals surface area contributed by atoms with Crippen molar-refractivity contribution in [3.63, 3.8) is 0 Å². The van der Waals surface area contributed by atoms with Gasteiger partial charge in [-0.15, -0.1) is 10.2 Å². The molecule has 136 valence electrons. The van der Waals surface area contributed by atoms with Gasteiger partial charge < -0.3 is 14.3 Å². The number of nitrogens with zero attached hydrogens (tertiary/aromatic N) is 3. The van der Waals surface area contributed by atoms with Crippen molar-refractivity contribution < 1.29 is 13.6 Å². The largest absolute Gasteiger partial charge is 0.421 e. The second-order valence-corrected chi connectivity index (χ2v) is 6.23. The summed E-state index contributed by atoms with van der Waals surface area (Å²) in [6.07, 6.45) is 0.672. The monoisotopic (exact) mass is 356 g/mol. The molecular formula is C19H21FN4O2. The predicted molar refractivity (Wildman–Crippen MR) is 96.3 cm³/mol. The van der Waals surface area contributed by atoms with Crippen LogP contribution in [-0.2, 0) is 17.8 Å². The lowest BCUT2D eigenvalue weighted by molar-refractivity contribution is -0.116. The van der Waals surface area contributed by atoms with Crippen molar-refractivity contribution >= 4 is 11.6 Å². The Bertz CT molecular complexity index is 959. The zero-order valence-electron chi connectivity index (χ0n) is 15.3. The molecule has 0 saturated carbocycles. The van der Waals surface area contributed by atoms with E-state index in [1.54, 1.807) is 13.0 Å². The van der Waals surface area contributed by atoms with E-state index in [1.165, 1.54) is 12.1 Å². The van der Waals surface area contributed by atoms with Crippen LogP contribution in [0.1, 0.15) is 29.8 Å². The minimum Gasteiger partial charge on any atom is -0.421 e. The number of halogens is 1. The summed E-state index contributed by atoms with van der Waals surface area (Å²) in [6, 6.07) is 6.21. The number of carbonyl (C=O) groups is 1. The van der Waals surface area contributed by atoms with Gasteiger partial charge in [0.15, 0.2) is 0 Å². The number of carbonyl (C=O) groups excluding carboxylic acids is 1. The number of nitrogens with one attached hydrogen (secondary N) is 1. The van der Waals surface area contributed by atoms with Gasteiger partial charge in [0, 0.05) is 23.5 Å². The number of rotatable bonds is 5. The highest BCUT2D eigenvalue weighted by Crippen LogP contribution is 2.26. The van der Waals surface area contributed by atoms with Crippen molar-refractivity contribution in [1.29, 1.82) is 0 Å². The highest BCUT2D eigenvalue weighted by Gasteiger charge is 2.18. The molecule has 0 fully saturated rings. The van der Waals surface area contributed by atoms with Crippen LogP contribution in [0.5, 0.6) is 0 Å². The molecule has 3 aromatic rings. The minimum absolute atomic E-state index is 0.142. The quantitative estimate of drug-likeness (QED) is 0.755. The summed E-state index contributed by atoms with van der Waals surface area (Å²) in [6.45, 7) is 7.67. The first-order chi connectivity index (χ1) is 12.4. The van der Waals surface area contributed by atoms with Crippen molar-refractivity contribution in [2.75, 3.05) is 5.32 Å². The Morgan fingerprint density at radius 2 is 2.00 bits per heavy atom. The molecular weight excluding hydrogens is 335 g/mol. The molecule has 2 aromatic heterocycles. The number of hydrogen-bond donors (Lipinski definition) is 1. The number of aromatic nitrogens is 3. The Hall–Kier alpha value is -2.96. The molecule has 0 saturated heterocycles. The lowest BCUT2D eigenvalue weighted by Gasteiger charge is -2.12. The van der Waals surface area contributed by atoms with E-state index in [0.29, 0.717) is 29.5 Å². The third-order valence-corrected chi connectivity index (χ3v) is 4.34. The normalized spacial score (nSPS) is 11.0. The lowest BCUT2D eigenvalue weighted by atomic mass is 10.2. The topological polar surface area (TPSA) is 73.0 Å². The Morgan fingerprint density at radius 3 is 2.65 bits per heavy atom. The molecule has 0 aliphatic heterocycles. The van der Waals surface area contributed by atoms with Crippen LogP contribution in [0, 0.1) is 26.6 Å². The summed E-state index contributed by atoms with van der Waals surface area (Å²) in [5.74, 6) is 0.520.